The summed E-state index contributed by atoms with van der Waals surface area (Å²) in [5.41, 5.74) is 0.832. The summed E-state index contributed by atoms with van der Waals surface area (Å²) >= 11 is 12.8. The fourth-order valence-corrected chi connectivity index (χ4v) is 3.68. The Morgan fingerprint density at radius 1 is 1.06 bits per heavy atom. The number of para-hydroxylation sites is 1. The average Bonchev–Trinajstić information content (AvgIpc) is 3.17. The molecular formula is C21H22Cl2N2O5S. The SMILES string of the molecule is CS(=O)(=O)Oc1nccn1C(Cl)(Cc1ccc(Cl)cc1)OCCCOc1ccccc1. The van der Waals surface area contributed by atoms with Gasteiger partial charge in [0.05, 0.1) is 19.5 Å². The summed E-state index contributed by atoms with van der Waals surface area (Å²) in [5, 5.41) is -0.886. The number of imidazole rings is 1. The van der Waals surface area contributed by atoms with Crippen molar-refractivity contribution in [2.45, 2.75) is 18.0 Å². The van der Waals surface area contributed by atoms with Crippen LogP contribution in [0, 0.1) is 0 Å². The summed E-state index contributed by atoms with van der Waals surface area (Å²) in [6.45, 7) is 0.676. The van der Waals surface area contributed by atoms with Gasteiger partial charge in [0.25, 0.3) is 0 Å². The zero-order valence-electron chi connectivity index (χ0n) is 16.8. The number of benzene rings is 2. The summed E-state index contributed by atoms with van der Waals surface area (Å²) in [6, 6.07) is 16.4. The topological polar surface area (TPSA) is 79.7 Å². The Morgan fingerprint density at radius 2 is 1.77 bits per heavy atom. The third kappa shape index (κ3) is 7.14. The molecule has 1 heterocycles. The third-order valence-electron chi connectivity index (χ3n) is 4.15. The van der Waals surface area contributed by atoms with E-state index in [-0.39, 0.29) is 19.0 Å². The second-order valence-corrected chi connectivity index (χ2v) is 9.33. The molecule has 7 nitrogen and oxygen atoms in total. The Labute approximate surface area is 191 Å². The number of rotatable bonds is 11. The number of nitrogens with zero attached hydrogens (tertiary/aromatic N) is 2. The van der Waals surface area contributed by atoms with Crippen LogP contribution in [-0.2, 0) is 26.5 Å². The molecule has 2 aromatic carbocycles. The molecule has 0 saturated heterocycles. The summed E-state index contributed by atoms with van der Waals surface area (Å²) in [4.78, 5) is 3.96. The van der Waals surface area contributed by atoms with Crippen molar-refractivity contribution in [3.05, 3.63) is 77.6 Å². The number of hydrogen-bond donors (Lipinski definition) is 0. The van der Waals surface area contributed by atoms with Crippen LogP contribution in [0.25, 0.3) is 0 Å². The largest absolute Gasteiger partial charge is 0.494 e. The third-order valence-corrected chi connectivity index (χ3v) is 5.28. The van der Waals surface area contributed by atoms with E-state index in [0.29, 0.717) is 18.1 Å². The minimum atomic E-state index is -3.80. The van der Waals surface area contributed by atoms with E-state index in [1.165, 1.54) is 17.0 Å². The molecule has 1 unspecified atom stereocenters. The predicted octanol–water partition coefficient (Wildman–Crippen LogP) is 4.45. The molecule has 1 atom stereocenters. The van der Waals surface area contributed by atoms with Gasteiger partial charge >= 0.3 is 16.1 Å². The molecule has 0 aliphatic heterocycles. The standard InChI is InChI=1S/C21H22Cl2N2O5S/c1-31(26,27)30-20-24-12-13-25(20)21(23,16-17-8-10-18(22)11-9-17)29-15-5-14-28-19-6-3-2-4-7-19/h2-4,6-13H,5,14-16H2,1H3. The van der Waals surface area contributed by atoms with Crippen LogP contribution in [0.4, 0.5) is 0 Å². The lowest BCUT2D eigenvalue weighted by molar-refractivity contribution is -0.0436. The maximum absolute atomic E-state index is 11.6. The van der Waals surface area contributed by atoms with E-state index in [1.54, 1.807) is 12.1 Å². The van der Waals surface area contributed by atoms with Gasteiger partial charge in [-0.15, -0.1) is 0 Å². The first-order valence-corrected chi connectivity index (χ1v) is 12.0. The van der Waals surface area contributed by atoms with Crippen LogP contribution in [0.3, 0.4) is 0 Å². The molecule has 0 aliphatic rings. The monoisotopic (exact) mass is 484 g/mol. The predicted molar refractivity (Wildman–Crippen MR) is 119 cm³/mol. The quantitative estimate of drug-likeness (QED) is 0.227. The van der Waals surface area contributed by atoms with Gasteiger partial charge in [-0.2, -0.15) is 8.42 Å². The van der Waals surface area contributed by atoms with Crippen molar-refractivity contribution in [3.8, 4) is 11.8 Å². The van der Waals surface area contributed by atoms with Crippen LogP contribution in [-0.4, -0.2) is 37.4 Å². The number of ether oxygens (including phenoxy) is 2. The first kappa shape index (κ1) is 23.4. The van der Waals surface area contributed by atoms with Gasteiger partial charge in [-0.05, 0) is 29.8 Å². The van der Waals surface area contributed by atoms with E-state index >= 15 is 0 Å². The van der Waals surface area contributed by atoms with Crippen molar-refractivity contribution in [1.82, 2.24) is 9.55 Å². The normalized spacial score (nSPS) is 13.5. The van der Waals surface area contributed by atoms with Crippen molar-refractivity contribution < 1.29 is 22.1 Å². The lowest BCUT2D eigenvalue weighted by Gasteiger charge is -2.30. The van der Waals surface area contributed by atoms with Gasteiger partial charge in [-0.1, -0.05) is 53.5 Å². The second kappa shape index (κ2) is 10.4. The first-order chi connectivity index (χ1) is 14.8. The highest BCUT2D eigenvalue weighted by molar-refractivity contribution is 7.86. The van der Waals surface area contributed by atoms with E-state index < -0.39 is 15.3 Å². The fraction of sp³-hybridized carbons (Fsp3) is 0.286. The first-order valence-electron chi connectivity index (χ1n) is 9.44. The van der Waals surface area contributed by atoms with Crippen LogP contribution < -0.4 is 8.92 Å². The molecule has 166 valence electrons. The van der Waals surface area contributed by atoms with Crippen LogP contribution >= 0.6 is 23.2 Å². The fourth-order valence-electron chi connectivity index (χ4n) is 2.79. The van der Waals surface area contributed by atoms with Crippen molar-refractivity contribution in [3.63, 3.8) is 0 Å². The Bertz CT molecular complexity index is 1070. The minimum Gasteiger partial charge on any atom is -0.494 e. The molecule has 10 heteroatoms. The summed E-state index contributed by atoms with van der Waals surface area (Å²) in [7, 11) is -3.80. The van der Waals surface area contributed by atoms with Crippen LogP contribution in [0.5, 0.6) is 11.8 Å². The maximum Gasteiger partial charge on any atom is 0.316 e. The van der Waals surface area contributed by atoms with Gasteiger partial charge in [0.15, 0.2) is 0 Å². The van der Waals surface area contributed by atoms with Gasteiger partial charge in [0.2, 0.25) is 5.18 Å². The maximum atomic E-state index is 11.6. The van der Waals surface area contributed by atoms with Crippen molar-refractivity contribution >= 4 is 33.3 Å². The molecule has 0 fully saturated rings. The second-order valence-electron chi connectivity index (χ2n) is 6.72. The molecule has 0 spiro atoms. The highest BCUT2D eigenvalue weighted by atomic mass is 35.5. The zero-order valence-corrected chi connectivity index (χ0v) is 19.1. The summed E-state index contributed by atoms with van der Waals surface area (Å²) in [5.74, 6) is 0.763. The Kier molecular flexibility index (Phi) is 7.83. The van der Waals surface area contributed by atoms with Crippen molar-refractivity contribution in [2.75, 3.05) is 19.5 Å². The van der Waals surface area contributed by atoms with Crippen LogP contribution in [0.15, 0.2) is 67.0 Å². The Balaban J connectivity index is 1.73. The molecule has 0 saturated carbocycles. The number of alkyl halides is 1. The summed E-state index contributed by atoms with van der Waals surface area (Å²) in [6.07, 6.45) is 4.59. The van der Waals surface area contributed by atoms with E-state index in [4.69, 9.17) is 36.9 Å². The molecule has 0 bridgehead atoms. The minimum absolute atomic E-state index is 0.188. The van der Waals surface area contributed by atoms with Crippen molar-refractivity contribution in [2.24, 2.45) is 0 Å². The van der Waals surface area contributed by atoms with Crippen LogP contribution in [0.1, 0.15) is 12.0 Å². The van der Waals surface area contributed by atoms with Crippen LogP contribution in [0.2, 0.25) is 5.02 Å². The van der Waals surface area contributed by atoms with Crippen molar-refractivity contribution in [1.29, 1.82) is 0 Å². The molecule has 1 aromatic heterocycles. The smallest absolute Gasteiger partial charge is 0.316 e. The molecule has 0 radical (unpaired) electrons. The molecule has 0 amide bonds. The van der Waals surface area contributed by atoms with E-state index in [0.717, 1.165) is 17.6 Å². The van der Waals surface area contributed by atoms with Gasteiger partial charge in [-0.25, -0.2) is 4.98 Å². The van der Waals surface area contributed by atoms with Gasteiger partial charge in [0, 0.05) is 30.3 Å². The molecule has 3 rings (SSSR count). The lowest BCUT2D eigenvalue weighted by atomic mass is 10.1. The van der Waals surface area contributed by atoms with E-state index in [2.05, 4.69) is 4.98 Å². The molecule has 0 aliphatic carbocycles. The summed E-state index contributed by atoms with van der Waals surface area (Å²) < 4.78 is 41.2. The van der Waals surface area contributed by atoms with Gasteiger partial charge < -0.3 is 13.7 Å². The molecule has 3 aromatic rings. The molecule has 31 heavy (non-hydrogen) atoms. The Hall–Kier alpha value is -2.26. The van der Waals surface area contributed by atoms with Gasteiger partial charge in [0.1, 0.15) is 5.75 Å². The lowest BCUT2D eigenvalue weighted by Crippen LogP contribution is -2.34. The number of aromatic nitrogens is 2. The molecular weight excluding hydrogens is 463 g/mol. The molecule has 0 N–H and O–H groups in total. The number of halogens is 2. The average molecular weight is 485 g/mol. The number of hydrogen-bond acceptors (Lipinski definition) is 6. The van der Waals surface area contributed by atoms with E-state index in [9.17, 15) is 8.42 Å². The zero-order chi connectivity index (χ0) is 22.3. The Morgan fingerprint density at radius 3 is 2.45 bits per heavy atom. The van der Waals surface area contributed by atoms with E-state index in [1.807, 2.05) is 42.5 Å². The van der Waals surface area contributed by atoms with Gasteiger partial charge in [-0.3, -0.25) is 4.57 Å². The highest BCUT2D eigenvalue weighted by Crippen LogP contribution is 2.33. The highest BCUT2D eigenvalue weighted by Gasteiger charge is 2.34.